The Morgan fingerprint density at radius 3 is 2.80 bits per heavy atom. The monoisotopic (exact) mass is 198 g/mol. The van der Waals surface area contributed by atoms with Crippen LogP contribution in [-0.4, -0.2) is 9.56 Å². The molecule has 0 saturated carbocycles. The highest BCUT2D eigenvalue weighted by Gasteiger charge is 2.08. The van der Waals surface area contributed by atoms with Crippen LogP contribution in [0.5, 0.6) is 0 Å². The Hall–Kier alpha value is -2.03. The number of aryl methyl sites for hydroxylation is 1. The van der Waals surface area contributed by atoms with Gasteiger partial charge in [0.05, 0.1) is 6.20 Å². The van der Waals surface area contributed by atoms with Gasteiger partial charge in [-0.15, -0.1) is 0 Å². The van der Waals surface area contributed by atoms with E-state index in [-0.39, 0.29) is 0 Å². The Balaban J connectivity index is 2.27. The molecule has 2 aromatic heterocycles. The first-order valence-corrected chi connectivity index (χ1v) is 4.84. The van der Waals surface area contributed by atoms with Crippen molar-refractivity contribution in [3.8, 4) is 11.3 Å². The van der Waals surface area contributed by atoms with Gasteiger partial charge in [-0.2, -0.15) is 4.57 Å². The molecular formula is C12H10N2O. The Kier molecular flexibility index (Phi) is 1.65. The second kappa shape index (κ2) is 2.98. The molecule has 3 heteroatoms. The summed E-state index contributed by atoms with van der Waals surface area (Å²) in [5.41, 5.74) is 2.95. The molecule has 0 amide bonds. The van der Waals surface area contributed by atoms with Crippen molar-refractivity contribution in [3.05, 3.63) is 48.4 Å². The minimum Gasteiger partial charge on any atom is -0.378 e. The van der Waals surface area contributed by atoms with Crippen LogP contribution in [0, 0.1) is 6.92 Å². The predicted molar refractivity (Wildman–Crippen MR) is 57.6 cm³/mol. The van der Waals surface area contributed by atoms with E-state index in [4.69, 9.17) is 4.52 Å². The second-order valence-electron chi connectivity index (χ2n) is 3.51. The zero-order valence-electron chi connectivity index (χ0n) is 8.34. The molecule has 3 rings (SSSR count). The van der Waals surface area contributed by atoms with Crippen molar-refractivity contribution in [3.63, 3.8) is 0 Å². The highest BCUT2D eigenvalue weighted by molar-refractivity contribution is 5.62. The molecule has 0 aliphatic rings. The first-order valence-electron chi connectivity index (χ1n) is 4.84. The highest BCUT2D eigenvalue weighted by atomic mass is 16.5. The van der Waals surface area contributed by atoms with E-state index in [2.05, 4.69) is 4.98 Å². The Labute approximate surface area is 86.9 Å². The second-order valence-corrected chi connectivity index (χ2v) is 3.51. The van der Waals surface area contributed by atoms with Crippen LogP contribution in [0.25, 0.3) is 16.9 Å². The molecule has 0 fully saturated rings. The fourth-order valence-electron chi connectivity index (χ4n) is 1.70. The van der Waals surface area contributed by atoms with Gasteiger partial charge in [0.2, 0.25) is 0 Å². The summed E-state index contributed by atoms with van der Waals surface area (Å²) in [7, 11) is 0. The molecule has 0 aliphatic heterocycles. The number of nitrogens with zero attached hydrogens (tertiary/aromatic N) is 2. The number of hydrogen-bond acceptors (Lipinski definition) is 2. The summed E-state index contributed by atoms with van der Waals surface area (Å²) >= 11 is 0. The molecule has 0 radical (unpaired) electrons. The Morgan fingerprint density at radius 2 is 2.00 bits per heavy atom. The average Bonchev–Trinajstić information content (AvgIpc) is 2.77. The molecule has 0 atom stereocenters. The van der Waals surface area contributed by atoms with Gasteiger partial charge in [0.1, 0.15) is 11.5 Å². The van der Waals surface area contributed by atoms with E-state index < -0.39 is 0 Å². The molecule has 15 heavy (non-hydrogen) atoms. The maximum atomic E-state index is 5.55. The Morgan fingerprint density at radius 1 is 1.20 bits per heavy atom. The lowest BCUT2D eigenvalue weighted by Gasteiger charge is -1.96. The van der Waals surface area contributed by atoms with Gasteiger partial charge in [-0.05, 0) is 6.92 Å². The fourth-order valence-corrected chi connectivity index (χ4v) is 1.70. The maximum absolute atomic E-state index is 5.55. The summed E-state index contributed by atoms with van der Waals surface area (Å²) in [4.78, 5) is 4.29. The zero-order valence-corrected chi connectivity index (χ0v) is 8.34. The minimum atomic E-state index is 0.853. The number of aromatic nitrogens is 2. The third-order valence-electron chi connectivity index (χ3n) is 2.38. The SMILES string of the molecule is Cc1cc2ncc(-c3ccccc3)n2o1. The van der Waals surface area contributed by atoms with Crippen LogP contribution in [0.3, 0.4) is 0 Å². The van der Waals surface area contributed by atoms with Gasteiger partial charge in [-0.1, -0.05) is 30.3 Å². The third kappa shape index (κ3) is 1.24. The van der Waals surface area contributed by atoms with Gasteiger partial charge < -0.3 is 4.52 Å². The topological polar surface area (TPSA) is 30.4 Å². The van der Waals surface area contributed by atoms with Crippen LogP contribution in [0.4, 0.5) is 0 Å². The molecular weight excluding hydrogens is 188 g/mol. The van der Waals surface area contributed by atoms with Gasteiger partial charge in [-0.3, -0.25) is 0 Å². The van der Waals surface area contributed by atoms with E-state index in [1.807, 2.05) is 49.5 Å². The molecule has 74 valence electrons. The van der Waals surface area contributed by atoms with Crippen LogP contribution in [0.2, 0.25) is 0 Å². The average molecular weight is 198 g/mol. The standard InChI is InChI=1S/C12H10N2O/c1-9-7-12-13-8-11(14(12)15-9)10-5-3-2-4-6-10/h2-8H,1H3. The van der Waals surface area contributed by atoms with E-state index in [1.165, 1.54) is 0 Å². The quantitative estimate of drug-likeness (QED) is 0.601. The Bertz CT molecular complexity index is 592. The van der Waals surface area contributed by atoms with E-state index in [0.717, 1.165) is 22.7 Å². The van der Waals surface area contributed by atoms with Crippen LogP contribution in [0.1, 0.15) is 5.76 Å². The van der Waals surface area contributed by atoms with Crippen molar-refractivity contribution in [2.24, 2.45) is 0 Å². The lowest BCUT2D eigenvalue weighted by atomic mass is 10.2. The number of hydrogen-bond donors (Lipinski definition) is 0. The van der Waals surface area contributed by atoms with E-state index in [9.17, 15) is 0 Å². The summed E-state index contributed by atoms with van der Waals surface area (Å²) in [6.07, 6.45) is 1.83. The van der Waals surface area contributed by atoms with Crippen molar-refractivity contribution in [2.45, 2.75) is 6.92 Å². The van der Waals surface area contributed by atoms with Gasteiger partial charge in [0.25, 0.3) is 0 Å². The summed E-state index contributed by atoms with van der Waals surface area (Å²) < 4.78 is 7.30. The lowest BCUT2D eigenvalue weighted by molar-refractivity contribution is 0.361. The highest BCUT2D eigenvalue weighted by Crippen LogP contribution is 2.21. The van der Waals surface area contributed by atoms with Crippen molar-refractivity contribution in [1.82, 2.24) is 9.56 Å². The minimum absolute atomic E-state index is 0.853. The molecule has 0 aliphatic carbocycles. The summed E-state index contributed by atoms with van der Waals surface area (Å²) in [6.45, 7) is 1.92. The van der Waals surface area contributed by atoms with E-state index in [0.29, 0.717) is 0 Å². The lowest BCUT2D eigenvalue weighted by Crippen LogP contribution is -1.82. The molecule has 2 heterocycles. The van der Waals surface area contributed by atoms with Crippen molar-refractivity contribution in [2.75, 3.05) is 0 Å². The molecule has 0 N–H and O–H groups in total. The van der Waals surface area contributed by atoms with Gasteiger partial charge in [-0.25, -0.2) is 4.98 Å². The zero-order chi connectivity index (χ0) is 10.3. The van der Waals surface area contributed by atoms with Crippen LogP contribution in [0.15, 0.2) is 47.1 Å². The number of rotatable bonds is 1. The van der Waals surface area contributed by atoms with Gasteiger partial charge in [0, 0.05) is 11.6 Å². The molecule has 3 aromatic rings. The van der Waals surface area contributed by atoms with Crippen molar-refractivity contribution < 1.29 is 4.52 Å². The largest absolute Gasteiger partial charge is 0.378 e. The first kappa shape index (κ1) is 8.29. The smallest absolute Gasteiger partial charge is 0.172 e. The molecule has 0 unspecified atom stereocenters. The number of fused-ring (bicyclic) bond motifs is 1. The van der Waals surface area contributed by atoms with Crippen molar-refractivity contribution in [1.29, 1.82) is 0 Å². The fraction of sp³-hybridized carbons (Fsp3) is 0.0833. The summed E-state index contributed by atoms with van der Waals surface area (Å²) in [6, 6.07) is 12.0. The molecule has 0 spiro atoms. The van der Waals surface area contributed by atoms with Crippen molar-refractivity contribution >= 4 is 5.65 Å². The molecule has 0 saturated heterocycles. The predicted octanol–water partition coefficient (Wildman–Crippen LogP) is 2.90. The third-order valence-corrected chi connectivity index (χ3v) is 2.38. The first-order chi connectivity index (χ1) is 7.34. The van der Waals surface area contributed by atoms with Crippen LogP contribution in [-0.2, 0) is 0 Å². The summed E-state index contributed by atoms with van der Waals surface area (Å²) in [5, 5.41) is 0. The van der Waals surface area contributed by atoms with E-state index >= 15 is 0 Å². The normalized spacial score (nSPS) is 11.0. The van der Waals surface area contributed by atoms with Gasteiger partial charge in [0.15, 0.2) is 5.65 Å². The molecule has 0 bridgehead atoms. The van der Waals surface area contributed by atoms with Crippen LogP contribution < -0.4 is 0 Å². The van der Waals surface area contributed by atoms with Gasteiger partial charge >= 0.3 is 0 Å². The number of benzene rings is 1. The van der Waals surface area contributed by atoms with E-state index in [1.54, 1.807) is 4.57 Å². The maximum Gasteiger partial charge on any atom is 0.172 e. The molecule has 3 nitrogen and oxygen atoms in total. The molecule has 1 aromatic carbocycles. The summed E-state index contributed by atoms with van der Waals surface area (Å²) in [5.74, 6) is 0.871. The van der Waals surface area contributed by atoms with Crippen LogP contribution >= 0.6 is 0 Å². The number of imidazole rings is 1.